The summed E-state index contributed by atoms with van der Waals surface area (Å²) in [6.45, 7) is 1.97. The molecule has 3 atom stereocenters. The van der Waals surface area contributed by atoms with E-state index < -0.39 is 5.41 Å². The molecule has 5 rings (SSSR count). The first-order valence-electron chi connectivity index (χ1n) is 10.4. The van der Waals surface area contributed by atoms with Crippen molar-refractivity contribution in [3.63, 3.8) is 0 Å². The molecule has 0 aliphatic heterocycles. The minimum absolute atomic E-state index is 0.0447. The van der Waals surface area contributed by atoms with Crippen molar-refractivity contribution >= 4 is 5.78 Å². The number of carbonyl (C=O) groups is 1. The topological polar surface area (TPSA) is 58.7 Å². The quantitative estimate of drug-likeness (QED) is 0.639. The molecule has 0 saturated carbocycles. The number of allylic oxidation sites excluding steroid dienone is 2. The van der Waals surface area contributed by atoms with Crippen LogP contribution in [0.15, 0.2) is 72.3 Å². The summed E-state index contributed by atoms with van der Waals surface area (Å²) >= 11 is 0. The number of rotatable bonds is 2. The summed E-state index contributed by atoms with van der Waals surface area (Å²) in [6.07, 6.45) is 3.67. The zero-order valence-electron chi connectivity index (χ0n) is 17.2. The van der Waals surface area contributed by atoms with Crippen LogP contribution in [0, 0.1) is 23.2 Å². The normalized spacial score (nSPS) is 25.1. The van der Waals surface area contributed by atoms with Gasteiger partial charge in [-0.05, 0) is 30.4 Å². The number of hydrogen-bond acceptors (Lipinski definition) is 3. The van der Waals surface area contributed by atoms with Gasteiger partial charge in [0.15, 0.2) is 5.78 Å². The first kappa shape index (κ1) is 18.6. The number of nitriles is 1. The molecular formula is C26H23N3O. The maximum absolute atomic E-state index is 12.9. The maximum atomic E-state index is 12.9. The van der Waals surface area contributed by atoms with Gasteiger partial charge >= 0.3 is 0 Å². The van der Waals surface area contributed by atoms with Gasteiger partial charge in [-0.25, -0.2) is 0 Å². The van der Waals surface area contributed by atoms with Crippen LogP contribution < -0.4 is 0 Å². The van der Waals surface area contributed by atoms with E-state index in [9.17, 15) is 10.1 Å². The lowest BCUT2D eigenvalue weighted by atomic mass is 9.54. The Kier molecular flexibility index (Phi) is 4.22. The zero-order chi connectivity index (χ0) is 20.9. The van der Waals surface area contributed by atoms with E-state index >= 15 is 0 Å². The van der Waals surface area contributed by atoms with Gasteiger partial charge in [-0.2, -0.15) is 10.4 Å². The highest BCUT2D eigenvalue weighted by Crippen LogP contribution is 2.54. The standard InChI is InChI=1S/C26H23N3O/c1-17-22-14-13-21-23(18-9-5-3-6-10-18)29(2)28-25(21)26(22,15-19(16-27)24(17)30)20-11-7-4-8-12-20/h3-12,15,17,22H,13-14H2,1-2H3/t17-,22-,26-/m0/s1. The Bertz CT molecular complexity index is 1200. The highest BCUT2D eigenvalue weighted by atomic mass is 16.1. The van der Waals surface area contributed by atoms with E-state index in [1.807, 2.05) is 61.1 Å². The third kappa shape index (κ3) is 2.45. The van der Waals surface area contributed by atoms with Crippen molar-refractivity contribution in [3.05, 3.63) is 89.1 Å². The number of Topliss-reactive ketones (excluding diaryl/α,β-unsaturated/α-hetero) is 1. The number of ketones is 1. The molecule has 3 aromatic rings. The van der Waals surface area contributed by atoms with E-state index in [1.165, 1.54) is 5.56 Å². The molecule has 0 saturated heterocycles. The van der Waals surface area contributed by atoms with Crippen LogP contribution in [0.4, 0.5) is 0 Å². The van der Waals surface area contributed by atoms with E-state index in [2.05, 4.69) is 30.3 Å². The minimum atomic E-state index is -0.571. The molecule has 0 unspecified atom stereocenters. The van der Waals surface area contributed by atoms with Gasteiger partial charge in [-0.3, -0.25) is 9.48 Å². The molecule has 0 radical (unpaired) electrons. The SMILES string of the molecule is C[C@@H]1C(=O)C(C#N)=C[C@@]2(c3ccccc3)c3nn(C)c(-c4ccccc4)c3CC[C@@H]12. The molecule has 0 N–H and O–H groups in total. The van der Waals surface area contributed by atoms with Gasteiger partial charge in [-0.15, -0.1) is 0 Å². The van der Waals surface area contributed by atoms with E-state index in [-0.39, 0.29) is 23.2 Å². The number of carbonyl (C=O) groups excluding carboxylic acids is 1. The summed E-state index contributed by atoms with van der Waals surface area (Å²) in [4.78, 5) is 12.9. The Morgan fingerprint density at radius 2 is 1.77 bits per heavy atom. The van der Waals surface area contributed by atoms with Crippen LogP contribution in [0.2, 0.25) is 0 Å². The highest BCUT2D eigenvalue weighted by Gasteiger charge is 2.53. The molecule has 4 nitrogen and oxygen atoms in total. The van der Waals surface area contributed by atoms with E-state index in [4.69, 9.17) is 5.10 Å². The van der Waals surface area contributed by atoms with Crippen molar-refractivity contribution in [2.75, 3.05) is 0 Å². The summed E-state index contributed by atoms with van der Waals surface area (Å²) in [5.41, 5.74) is 5.24. The molecule has 4 heteroatoms. The smallest absolute Gasteiger partial charge is 0.176 e. The first-order valence-corrected chi connectivity index (χ1v) is 10.4. The Hall–Kier alpha value is -3.45. The largest absolute Gasteiger partial charge is 0.293 e. The first-order chi connectivity index (χ1) is 14.6. The Balaban J connectivity index is 1.85. The fourth-order valence-electron chi connectivity index (χ4n) is 5.58. The molecule has 30 heavy (non-hydrogen) atoms. The summed E-state index contributed by atoms with van der Waals surface area (Å²) < 4.78 is 1.97. The number of hydrogen-bond donors (Lipinski definition) is 0. The Morgan fingerprint density at radius 3 is 2.43 bits per heavy atom. The zero-order valence-corrected chi connectivity index (χ0v) is 17.2. The molecule has 0 spiro atoms. The second-order valence-corrected chi connectivity index (χ2v) is 8.37. The van der Waals surface area contributed by atoms with Crippen LogP contribution in [-0.4, -0.2) is 15.6 Å². The molecule has 2 aliphatic rings. The third-order valence-electron chi connectivity index (χ3n) is 6.90. The number of aryl methyl sites for hydroxylation is 1. The molecule has 1 heterocycles. The van der Waals surface area contributed by atoms with Gasteiger partial charge in [-0.1, -0.05) is 67.6 Å². The number of benzene rings is 2. The minimum Gasteiger partial charge on any atom is -0.293 e. The van der Waals surface area contributed by atoms with Crippen LogP contribution in [0.1, 0.15) is 30.2 Å². The molecule has 0 amide bonds. The van der Waals surface area contributed by atoms with Crippen molar-refractivity contribution in [2.45, 2.75) is 25.2 Å². The predicted octanol–water partition coefficient (Wildman–Crippen LogP) is 4.60. The van der Waals surface area contributed by atoms with Crippen LogP contribution in [0.5, 0.6) is 0 Å². The van der Waals surface area contributed by atoms with Crippen molar-refractivity contribution in [1.82, 2.24) is 9.78 Å². The van der Waals surface area contributed by atoms with E-state index in [0.717, 1.165) is 35.4 Å². The average molecular weight is 393 g/mol. The predicted molar refractivity (Wildman–Crippen MR) is 116 cm³/mol. The number of fused-ring (bicyclic) bond motifs is 3. The lowest BCUT2D eigenvalue weighted by Gasteiger charge is -2.47. The van der Waals surface area contributed by atoms with Crippen LogP contribution >= 0.6 is 0 Å². The number of aromatic nitrogens is 2. The van der Waals surface area contributed by atoms with Crippen LogP contribution in [0.25, 0.3) is 11.3 Å². The molecule has 0 fully saturated rings. The van der Waals surface area contributed by atoms with Crippen molar-refractivity contribution in [3.8, 4) is 17.3 Å². The second kappa shape index (κ2) is 6.81. The summed E-state index contributed by atoms with van der Waals surface area (Å²) in [5, 5.41) is 14.8. The van der Waals surface area contributed by atoms with Gasteiger partial charge in [0.25, 0.3) is 0 Å². The second-order valence-electron chi connectivity index (χ2n) is 8.37. The van der Waals surface area contributed by atoms with Crippen molar-refractivity contribution < 1.29 is 4.79 Å². The highest BCUT2D eigenvalue weighted by molar-refractivity contribution is 6.02. The fourth-order valence-corrected chi connectivity index (χ4v) is 5.58. The monoisotopic (exact) mass is 393 g/mol. The lowest BCUT2D eigenvalue weighted by molar-refractivity contribution is -0.121. The van der Waals surface area contributed by atoms with Gasteiger partial charge < -0.3 is 0 Å². The Labute approximate surface area is 176 Å². The molecule has 0 bridgehead atoms. The van der Waals surface area contributed by atoms with Gasteiger partial charge in [0.1, 0.15) is 6.07 Å². The van der Waals surface area contributed by atoms with E-state index in [0.29, 0.717) is 0 Å². The van der Waals surface area contributed by atoms with Gasteiger partial charge in [0.2, 0.25) is 0 Å². The molecule has 148 valence electrons. The summed E-state index contributed by atoms with van der Waals surface area (Å²) in [7, 11) is 1.99. The van der Waals surface area contributed by atoms with E-state index in [1.54, 1.807) is 0 Å². The molecule has 2 aliphatic carbocycles. The summed E-state index contributed by atoms with van der Waals surface area (Å²) in [6, 6.07) is 22.8. The fraction of sp³-hybridized carbons (Fsp3) is 0.269. The van der Waals surface area contributed by atoms with Gasteiger partial charge in [0, 0.05) is 24.1 Å². The molecule has 1 aromatic heterocycles. The summed E-state index contributed by atoms with van der Waals surface area (Å²) in [5.74, 6) is -0.188. The lowest BCUT2D eigenvalue weighted by Crippen LogP contribution is -2.48. The Morgan fingerprint density at radius 1 is 1.10 bits per heavy atom. The van der Waals surface area contributed by atoms with Gasteiger partial charge in [0.05, 0.1) is 22.4 Å². The van der Waals surface area contributed by atoms with Crippen LogP contribution in [-0.2, 0) is 23.7 Å². The third-order valence-corrected chi connectivity index (χ3v) is 6.90. The van der Waals surface area contributed by atoms with Crippen molar-refractivity contribution in [2.24, 2.45) is 18.9 Å². The average Bonchev–Trinajstić information content (AvgIpc) is 3.13. The molecular weight excluding hydrogens is 370 g/mol. The number of nitrogens with zero attached hydrogens (tertiary/aromatic N) is 3. The maximum Gasteiger partial charge on any atom is 0.176 e. The molecule has 2 aromatic carbocycles. The van der Waals surface area contributed by atoms with Crippen LogP contribution in [0.3, 0.4) is 0 Å². The van der Waals surface area contributed by atoms with Crippen molar-refractivity contribution in [1.29, 1.82) is 5.26 Å².